The van der Waals surface area contributed by atoms with Crippen molar-refractivity contribution in [3.05, 3.63) is 48.5 Å². The Morgan fingerprint density at radius 1 is 1.35 bits per heavy atom. The van der Waals surface area contributed by atoms with E-state index in [1.165, 1.54) is 0 Å². The second-order valence-electron chi connectivity index (χ2n) is 6.49. The number of hydrogen-bond acceptors (Lipinski definition) is 4. The maximum atomic E-state index is 12.6. The highest BCUT2D eigenvalue weighted by Gasteiger charge is 2.30. The molecular weight excluding hydrogens is 330 g/mol. The topological polar surface area (TPSA) is 72.3 Å². The number of fused-ring (bicyclic) bond motifs is 1. The molecule has 0 radical (unpaired) electrons. The van der Waals surface area contributed by atoms with Gasteiger partial charge in [-0.1, -0.05) is 6.07 Å². The zero-order valence-electron chi connectivity index (χ0n) is 14.8. The van der Waals surface area contributed by atoms with Crippen LogP contribution < -0.4 is 10.1 Å². The second-order valence-corrected chi connectivity index (χ2v) is 6.49. The fourth-order valence-electron chi connectivity index (χ4n) is 3.48. The molecule has 1 N–H and O–H groups in total. The van der Waals surface area contributed by atoms with Crippen molar-refractivity contribution in [2.45, 2.75) is 12.3 Å². The Bertz CT molecular complexity index is 952. The van der Waals surface area contributed by atoms with Crippen LogP contribution in [0.25, 0.3) is 11.0 Å². The molecule has 0 aliphatic carbocycles. The van der Waals surface area contributed by atoms with Crippen LogP contribution in [0, 0.1) is 0 Å². The Morgan fingerprint density at radius 3 is 3.04 bits per heavy atom. The number of imidazole rings is 1. The summed E-state index contributed by atoms with van der Waals surface area (Å²) in [7, 11) is 3.61. The van der Waals surface area contributed by atoms with Crippen molar-refractivity contribution in [2.24, 2.45) is 7.05 Å². The third-order valence-corrected chi connectivity index (χ3v) is 4.88. The largest absolute Gasteiger partial charge is 0.497 e. The molecule has 1 saturated heterocycles. The van der Waals surface area contributed by atoms with Gasteiger partial charge in [0.2, 0.25) is 0 Å². The van der Waals surface area contributed by atoms with Crippen molar-refractivity contribution in [1.29, 1.82) is 0 Å². The van der Waals surface area contributed by atoms with E-state index in [4.69, 9.17) is 9.72 Å². The number of hydrogen-bond donors (Lipinski definition) is 1. The molecule has 0 unspecified atom stereocenters. The van der Waals surface area contributed by atoms with Crippen molar-refractivity contribution < 1.29 is 9.53 Å². The number of rotatable bonds is 3. The van der Waals surface area contributed by atoms with E-state index in [-0.39, 0.29) is 11.9 Å². The van der Waals surface area contributed by atoms with Gasteiger partial charge in [-0.05, 0) is 24.6 Å². The molecule has 1 aromatic carbocycles. The number of ether oxygens (including phenoxy) is 1. The third-order valence-electron chi connectivity index (χ3n) is 4.88. The van der Waals surface area contributed by atoms with Crippen LogP contribution in [-0.2, 0) is 7.05 Å². The predicted molar refractivity (Wildman–Crippen MR) is 99.5 cm³/mol. The molecule has 2 amide bonds. The molecule has 1 fully saturated rings. The summed E-state index contributed by atoms with van der Waals surface area (Å²) in [5, 5.41) is 2.94. The van der Waals surface area contributed by atoms with Crippen LogP contribution in [0.1, 0.15) is 18.2 Å². The standard InChI is InChI=1S/C19H21N5O2/c1-23-17-11-20-8-6-16(17)22-18(23)13-7-9-24(12-13)19(25)21-14-4-3-5-15(10-14)26-2/h3-6,8,10-11,13H,7,9,12H2,1-2H3,(H,21,25)/t13-/m0/s1. The predicted octanol–water partition coefficient (Wildman–Crippen LogP) is 3.00. The Labute approximate surface area is 151 Å². The van der Waals surface area contributed by atoms with Crippen molar-refractivity contribution in [3.63, 3.8) is 0 Å². The summed E-state index contributed by atoms with van der Waals surface area (Å²) in [6.07, 6.45) is 4.48. The maximum Gasteiger partial charge on any atom is 0.321 e. The van der Waals surface area contributed by atoms with E-state index in [0.29, 0.717) is 13.1 Å². The number of likely N-dealkylation sites (tertiary alicyclic amines) is 1. The quantitative estimate of drug-likeness (QED) is 0.787. The number of nitrogens with one attached hydrogen (secondary N) is 1. The molecule has 134 valence electrons. The number of amides is 2. The van der Waals surface area contributed by atoms with Crippen LogP contribution in [0.15, 0.2) is 42.7 Å². The summed E-state index contributed by atoms with van der Waals surface area (Å²) in [6.45, 7) is 1.36. The molecule has 1 atom stereocenters. The lowest BCUT2D eigenvalue weighted by molar-refractivity contribution is 0.222. The van der Waals surface area contributed by atoms with Gasteiger partial charge < -0.3 is 19.5 Å². The van der Waals surface area contributed by atoms with Gasteiger partial charge in [0.05, 0.1) is 24.3 Å². The molecule has 1 aliphatic heterocycles. The SMILES string of the molecule is COc1cccc(NC(=O)N2CC[C@H](c3nc4ccncc4n3C)C2)c1. The number of aromatic nitrogens is 3. The minimum atomic E-state index is -0.0961. The molecule has 3 heterocycles. The number of carbonyl (C=O) groups excluding carboxylic acids is 1. The molecule has 7 heteroatoms. The van der Waals surface area contributed by atoms with Gasteiger partial charge >= 0.3 is 6.03 Å². The highest BCUT2D eigenvalue weighted by Crippen LogP contribution is 2.29. The summed E-state index contributed by atoms with van der Waals surface area (Å²) < 4.78 is 7.28. The fraction of sp³-hybridized carbons (Fsp3) is 0.316. The minimum Gasteiger partial charge on any atom is -0.497 e. The van der Waals surface area contributed by atoms with Gasteiger partial charge in [0.15, 0.2) is 0 Å². The van der Waals surface area contributed by atoms with Gasteiger partial charge in [-0.15, -0.1) is 0 Å². The van der Waals surface area contributed by atoms with Crippen LogP contribution in [-0.4, -0.2) is 45.7 Å². The smallest absolute Gasteiger partial charge is 0.321 e. The van der Waals surface area contributed by atoms with Gasteiger partial charge in [0, 0.05) is 44.0 Å². The number of methoxy groups -OCH3 is 1. The van der Waals surface area contributed by atoms with Crippen molar-refractivity contribution in [2.75, 3.05) is 25.5 Å². The molecule has 0 saturated carbocycles. The molecule has 0 bridgehead atoms. The second kappa shape index (κ2) is 6.67. The maximum absolute atomic E-state index is 12.6. The van der Waals surface area contributed by atoms with E-state index in [1.54, 1.807) is 13.3 Å². The first kappa shape index (κ1) is 16.4. The van der Waals surface area contributed by atoms with E-state index >= 15 is 0 Å². The molecule has 1 aliphatic rings. The lowest BCUT2D eigenvalue weighted by Crippen LogP contribution is -2.33. The van der Waals surface area contributed by atoms with Crippen molar-refractivity contribution in [1.82, 2.24) is 19.4 Å². The van der Waals surface area contributed by atoms with Gasteiger partial charge in [0.1, 0.15) is 11.6 Å². The van der Waals surface area contributed by atoms with Crippen LogP contribution >= 0.6 is 0 Å². The van der Waals surface area contributed by atoms with Gasteiger partial charge in [0.25, 0.3) is 0 Å². The first-order chi connectivity index (χ1) is 12.7. The number of benzene rings is 1. The summed E-state index contributed by atoms with van der Waals surface area (Å²) in [5.74, 6) is 1.95. The highest BCUT2D eigenvalue weighted by molar-refractivity contribution is 5.89. The van der Waals surface area contributed by atoms with E-state index in [9.17, 15) is 4.79 Å². The lowest BCUT2D eigenvalue weighted by atomic mass is 10.1. The van der Waals surface area contributed by atoms with E-state index in [1.807, 2.05) is 48.5 Å². The molecule has 4 rings (SSSR count). The first-order valence-corrected chi connectivity index (χ1v) is 8.62. The summed E-state index contributed by atoms with van der Waals surface area (Å²) >= 11 is 0. The zero-order chi connectivity index (χ0) is 18.1. The normalized spacial score (nSPS) is 16.8. The minimum absolute atomic E-state index is 0.0961. The fourth-order valence-corrected chi connectivity index (χ4v) is 3.48. The Morgan fingerprint density at radius 2 is 2.23 bits per heavy atom. The van der Waals surface area contributed by atoms with Crippen LogP contribution in [0.2, 0.25) is 0 Å². The average molecular weight is 351 g/mol. The van der Waals surface area contributed by atoms with Crippen molar-refractivity contribution >= 4 is 22.8 Å². The van der Waals surface area contributed by atoms with E-state index in [0.717, 1.165) is 34.7 Å². The molecule has 26 heavy (non-hydrogen) atoms. The third kappa shape index (κ3) is 2.96. The molecule has 0 spiro atoms. The number of aryl methyl sites for hydroxylation is 1. The Hall–Kier alpha value is -3.09. The van der Waals surface area contributed by atoms with Crippen LogP contribution in [0.3, 0.4) is 0 Å². The summed E-state index contributed by atoms with van der Waals surface area (Å²) in [6, 6.07) is 9.19. The lowest BCUT2D eigenvalue weighted by Gasteiger charge is -2.17. The van der Waals surface area contributed by atoms with Crippen molar-refractivity contribution in [3.8, 4) is 5.75 Å². The molecule has 3 aromatic rings. The number of anilines is 1. The Balaban J connectivity index is 1.47. The number of pyridine rings is 1. The van der Waals surface area contributed by atoms with Crippen LogP contribution in [0.4, 0.5) is 10.5 Å². The van der Waals surface area contributed by atoms with E-state index in [2.05, 4.69) is 14.9 Å². The zero-order valence-corrected chi connectivity index (χ0v) is 14.8. The van der Waals surface area contributed by atoms with Gasteiger partial charge in [-0.25, -0.2) is 9.78 Å². The molecular formula is C19H21N5O2. The molecule has 7 nitrogen and oxygen atoms in total. The number of carbonyl (C=O) groups is 1. The monoisotopic (exact) mass is 351 g/mol. The highest BCUT2D eigenvalue weighted by atomic mass is 16.5. The number of nitrogens with zero attached hydrogens (tertiary/aromatic N) is 4. The van der Waals surface area contributed by atoms with Gasteiger partial charge in [-0.2, -0.15) is 0 Å². The van der Waals surface area contributed by atoms with Crippen LogP contribution in [0.5, 0.6) is 5.75 Å². The Kier molecular flexibility index (Phi) is 4.20. The first-order valence-electron chi connectivity index (χ1n) is 8.62. The molecule has 2 aromatic heterocycles. The van der Waals surface area contributed by atoms with Gasteiger partial charge in [-0.3, -0.25) is 4.98 Å². The number of urea groups is 1. The summed E-state index contributed by atoms with van der Waals surface area (Å²) in [5.41, 5.74) is 2.69. The summed E-state index contributed by atoms with van der Waals surface area (Å²) in [4.78, 5) is 23.3. The van der Waals surface area contributed by atoms with E-state index < -0.39 is 0 Å². The average Bonchev–Trinajstić information content (AvgIpc) is 3.27.